The molecule has 0 aliphatic carbocycles. The van der Waals surface area contributed by atoms with Crippen LogP contribution in [0.15, 0.2) is 30.3 Å². The highest BCUT2D eigenvalue weighted by Crippen LogP contribution is 2.33. The molecule has 1 aromatic carbocycles. The van der Waals surface area contributed by atoms with Crippen molar-refractivity contribution in [3.05, 3.63) is 35.2 Å². The quantitative estimate of drug-likeness (QED) is 0.832. The molecule has 0 spiro atoms. The molecule has 2 aromatic rings. The maximum atomic E-state index is 4.90. The Kier molecular flexibility index (Phi) is 5.76. The number of hydrogen-bond acceptors (Lipinski definition) is 4. The molecule has 21 heavy (non-hydrogen) atoms. The van der Waals surface area contributed by atoms with Crippen molar-refractivity contribution in [3.8, 4) is 11.3 Å². The molecule has 4 heteroatoms. The lowest BCUT2D eigenvalue weighted by atomic mass is 10.1. The second-order valence-electron chi connectivity index (χ2n) is 5.34. The highest BCUT2D eigenvalue weighted by atomic mass is 32.1. The van der Waals surface area contributed by atoms with E-state index in [0.29, 0.717) is 6.04 Å². The van der Waals surface area contributed by atoms with Gasteiger partial charge in [0.1, 0.15) is 0 Å². The first kappa shape index (κ1) is 16.0. The second-order valence-corrected chi connectivity index (χ2v) is 6.40. The predicted octanol–water partition coefficient (Wildman–Crippen LogP) is 4.15. The van der Waals surface area contributed by atoms with Gasteiger partial charge in [-0.05, 0) is 13.8 Å². The summed E-state index contributed by atoms with van der Waals surface area (Å²) >= 11 is 1.81. The van der Waals surface area contributed by atoms with Crippen LogP contribution in [0.25, 0.3) is 11.3 Å². The lowest BCUT2D eigenvalue weighted by Crippen LogP contribution is -2.21. The molecule has 0 radical (unpaired) electrons. The summed E-state index contributed by atoms with van der Waals surface area (Å²) in [5.74, 6) is 0. The Morgan fingerprint density at radius 3 is 2.38 bits per heavy atom. The Labute approximate surface area is 132 Å². The minimum atomic E-state index is 0.479. The van der Waals surface area contributed by atoms with Crippen molar-refractivity contribution < 1.29 is 0 Å². The van der Waals surface area contributed by atoms with Gasteiger partial charge in [-0.1, -0.05) is 55.5 Å². The highest BCUT2D eigenvalue weighted by Gasteiger charge is 2.16. The topological polar surface area (TPSA) is 28.2 Å². The smallest absolute Gasteiger partial charge is 0.186 e. The minimum absolute atomic E-state index is 0.479. The number of thiazole rings is 1. The van der Waals surface area contributed by atoms with Crippen LogP contribution in [0.1, 0.15) is 32.6 Å². The van der Waals surface area contributed by atoms with Crippen molar-refractivity contribution in [2.75, 3.05) is 18.0 Å². The molecule has 0 aliphatic heterocycles. The van der Waals surface area contributed by atoms with Gasteiger partial charge in [0.15, 0.2) is 5.13 Å². The maximum Gasteiger partial charge on any atom is 0.186 e. The molecule has 0 saturated heterocycles. The van der Waals surface area contributed by atoms with Gasteiger partial charge >= 0.3 is 0 Å². The third-order valence-corrected chi connectivity index (χ3v) is 4.55. The van der Waals surface area contributed by atoms with Gasteiger partial charge in [0.05, 0.1) is 5.69 Å². The summed E-state index contributed by atoms with van der Waals surface area (Å²) < 4.78 is 0. The average Bonchev–Trinajstić information content (AvgIpc) is 2.91. The zero-order valence-corrected chi connectivity index (χ0v) is 14.2. The lowest BCUT2D eigenvalue weighted by molar-refractivity contribution is 0.593. The van der Waals surface area contributed by atoms with Crippen molar-refractivity contribution in [2.24, 2.45) is 0 Å². The Morgan fingerprint density at radius 2 is 1.81 bits per heavy atom. The molecule has 1 N–H and O–H groups in total. The fourth-order valence-corrected chi connectivity index (χ4v) is 3.37. The molecular weight excluding hydrogens is 278 g/mol. The van der Waals surface area contributed by atoms with Gasteiger partial charge in [-0.15, -0.1) is 0 Å². The van der Waals surface area contributed by atoms with E-state index in [9.17, 15) is 0 Å². The Balaban J connectivity index is 2.36. The highest BCUT2D eigenvalue weighted by molar-refractivity contribution is 7.16. The van der Waals surface area contributed by atoms with E-state index in [1.54, 1.807) is 11.3 Å². The van der Waals surface area contributed by atoms with Crippen molar-refractivity contribution >= 4 is 16.5 Å². The standard InChI is InChI=1S/C17H25N3S/c1-5-20(6-2)17-19-16(14-10-8-7-9-11-14)15(21-17)12-18-13(3)4/h7-11,13,18H,5-6,12H2,1-4H3. The predicted molar refractivity (Wildman–Crippen MR) is 93.1 cm³/mol. The Morgan fingerprint density at radius 1 is 1.14 bits per heavy atom. The average molecular weight is 303 g/mol. The van der Waals surface area contributed by atoms with Crippen LogP contribution >= 0.6 is 11.3 Å². The van der Waals surface area contributed by atoms with E-state index in [-0.39, 0.29) is 0 Å². The van der Waals surface area contributed by atoms with Crippen LogP contribution in [-0.4, -0.2) is 24.1 Å². The third-order valence-electron chi connectivity index (χ3n) is 3.44. The summed E-state index contributed by atoms with van der Waals surface area (Å²) in [5, 5.41) is 4.64. The fourth-order valence-electron chi connectivity index (χ4n) is 2.21. The summed E-state index contributed by atoms with van der Waals surface area (Å²) in [5.41, 5.74) is 2.32. The monoisotopic (exact) mass is 303 g/mol. The van der Waals surface area contributed by atoms with Gasteiger partial charge in [-0.25, -0.2) is 4.98 Å². The zero-order chi connectivity index (χ0) is 15.2. The van der Waals surface area contributed by atoms with E-state index in [0.717, 1.165) is 30.5 Å². The molecule has 0 amide bonds. The second kappa shape index (κ2) is 7.57. The Hall–Kier alpha value is -1.39. The van der Waals surface area contributed by atoms with Crippen molar-refractivity contribution in [1.29, 1.82) is 0 Å². The van der Waals surface area contributed by atoms with Crippen LogP contribution in [0.2, 0.25) is 0 Å². The molecule has 3 nitrogen and oxygen atoms in total. The van der Waals surface area contributed by atoms with Crippen molar-refractivity contribution in [3.63, 3.8) is 0 Å². The van der Waals surface area contributed by atoms with Gasteiger partial charge in [0, 0.05) is 36.1 Å². The third kappa shape index (κ3) is 4.05. The van der Waals surface area contributed by atoms with E-state index >= 15 is 0 Å². The number of rotatable bonds is 7. The van der Waals surface area contributed by atoms with Crippen LogP contribution in [0.5, 0.6) is 0 Å². The SMILES string of the molecule is CCN(CC)c1nc(-c2ccccc2)c(CNC(C)C)s1. The van der Waals surface area contributed by atoms with Crippen LogP contribution < -0.4 is 10.2 Å². The number of anilines is 1. The van der Waals surface area contributed by atoms with Gasteiger partial charge in [0.25, 0.3) is 0 Å². The van der Waals surface area contributed by atoms with E-state index in [1.165, 1.54) is 10.4 Å². The van der Waals surface area contributed by atoms with Crippen molar-refractivity contribution in [1.82, 2.24) is 10.3 Å². The minimum Gasteiger partial charge on any atom is -0.349 e. The van der Waals surface area contributed by atoms with E-state index in [4.69, 9.17) is 4.98 Å². The van der Waals surface area contributed by atoms with Gasteiger partial charge in [-0.2, -0.15) is 0 Å². The van der Waals surface area contributed by atoms with Gasteiger partial charge < -0.3 is 10.2 Å². The fraction of sp³-hybridized carbons (Fsp3) is 0.471. The summed E-state index contributed by atoms with van der Waals surface area (Å²) in [6.45, 7) is 11.6. The van der Waals surface area contributed by atoms with Crippen molar-refractivity contribution in [2.45, 2.75) is 40.3 Å². The summed E-state index contributed by atoms with van der Waals surface area (Å²) in [4.78, 5) is 8.54. The summed E-state index contributed by atoms with van der Waals surface area (Å²) in [6, 6.07) is 11.0. The van der Waals surface area contributed by atoms with E-state index in [1.807, 2.05) is 6.07 Å². The Bertz CT molecular complexity index is 544. The summed E-state index contributed by atoms with van der Waals surface area (Å²) in [7, 11) is 0. The summed E-state index contributed by atoms with van der Waals surface area (Å²) in [6.07, 6.45) is 0. The maximum absolute atomic E-state index is 4.90. The number of nitrogens with one attached hydrogen (secondary N) is 1. The number of benzene rings is 1. The van der Waals surface area contributed by atoms with Crippen LogP contribution in [0.3, 0.4) is 0 Å². The van der Waals surface area contributed by atoms with Gasteiger partial charge in [0.2, 0.25) is 0 Å². The zero-order valence-electron chi connectivity index (χ0n) is 13.4. The van der Waals surface area contributed by atoms with Crippen LogP contribution in [-0.2, 0) is 6.54 Å². The largest absolute Gasteiger partial charge is 0.349 e. The van der Waals surface area contributed by atoms with E-state index in [2.05, 4.69) is 62.2 Å². The molecule has 1 heterocycles. The first-order valence-corrected chi connectivity index (χ1v) is 8.50. The van der Waals surface area contributed by atoms with Gasteiger partial charge in [-0.3, -0.25) is 0 Å². The molecule has 1 aromatic heterocycles. The van der Waals surface area contributed by atoms with Crippen LogP contribution in [0, 0.1) is 0 Å². The number of aromatic nitrogens is 1. The molecule has 0 unspecified atom stereocenters. The molecule has 114 valence electrons. The molecule has 0 aliphatic rings. The molecular formula is C17H25N3S. The normalized spacial score (nSPS) is 11.1. The first-order chi connectivity index (χ1) is 10.2. The number of nitrogens with zero attached hydrogens (tertiary/aromatic N) is 2. The number of hydrogen-bond donors (Lipinski definition) is 1. The molecule has 2 rings (SSSR count). The molecule has 0 fully saturated rings. The molecule has 0 atom stereocenters. The molecule has 0 bridgehead atoms. The van der Waals surface area contributed by atoms with E-state index < -0.39 is 0 Å². The first-order valence-electron chi connectivity index (χ1n) is 7.69. The lowest BCUT2D eigenvalue weighted by Gasteiger charge is -2.16. The molecule has 0 saturated carbocycles. The van der Waals surface area contributed by atoms with Crippen LogP contribution in [0.4, 0.5) is 5.13 Å².